The molecule has 4 heterocycles. The van der Waals surface area contributed by atoms with Gasteiger partial charge < -0.3 is 35.1 Å². The van der Waals surface area contributed by atoms with Gasteiger partial charge in [-0.25, -0.2) is 4.98 Å². The highest BCUT2D eigenvalue weighted by Gasteiger charge is 2.34. The summed E-state index contributed by atoms with van der Waals surface area (Å²) in [4.78, 5) is 54.9. The molecule has 7 rings (SSSR count). The van der Waals surface area contributed by atoms with Crippen molar-refractivity contribution in [3.05, 3.63) is 93.6 Å². The number of benzene rings is 3. The van der Waals surface area contributed by atoms with E-state index in [9.17, 15) is 24.2 Å². The van der Waals surface area contributed by atoms with Crippen LogP contribution in [0.1, 0.15) is 71.6 Å². The zero-order valence-electron chi connectivity index (χ0n) is 37.0. The van der Waals surface area contributed by atoms with Crippen LogP contribution in [0.2, 0.25) is 5.02 Å². The molecule has 1 unspecified atom stereocenters. The van der Waals surface area contributed by atoms with Crippen LogP contribution >= 0.6 is 18.7 Å². The summed E-state index contributed by atoms with van der Waals surface area (Å²) in [7, 11) is -1.02. The van der Waals surface area contributed by atoms with Crippen molar-refractivity contribution in [2.24, 2.45) is 0 Å². The Labute approximate surface area is 381 Å². The molecular weight excluding hydrogens is 847 g/mol. The number of fused-ring (bicyclic) bond motifs is 1. The van der Waals surface area contributed by atoms with Gasteiger partial charge in [-0.15, -0.1) is 0 Å². The lowest BCUT2D eigenvalue weighted by molar-refractivity contribution is -0.121. The first-order valence-corrected chi connectivity index (χ1v) is 25.0. The first kappa shape index (κ1) is 46.2. The van der Waals surface area contributed by atoms with E-state index in [2.05, 4.69) is 71.5 Å². The molecular formula is C48H56ClN10O4P. The van der Waals surface area contributed by atoms with Crippen LogP contribution in [0.25, 0.3) is 0 Å². The van der Waals surface area contributed by atoms with E-state index in [-0.39, 0.29) is 24.7 Å². The third kappa shape index (κ3) is 10.8. The number of para-hydroxylation sites is 1. The fourth-order valence-electron chi connectivity index (χ4n) is 8.93. The molecule has 64 heavy (non-hydrogen) atoms. The van der Waals surface area contributed by atoms with Gasteiger partial charge in [0.2, 0.25) is 11.9 Å². The quantitative estimate of drug-likeness (QED) is 0.0686. The molecule has 16 heteroatoms. The maximum Gasteiger partial charge on any atom is 0.255 e. The summed E-state index contributed by atoms with van der Waals surface area (Å²) in [6.45, 7) is 12.4. The Morgan fingerprint density at radius 3 is 2.50 bits per heavy atom. The summed E-state index contributed by atoms with van der Waals surface area (Å²) in [5, 5.41) is 20.5. The lowest BCUT2D eigenvalue weighted by Gasteiger charge is -2.43. The highest BCUT2D eigenvalue weighted by atomic mass is 35.5. The van der Waals surface area contributed by atoms with E-state index < -0.39 is 13.2 Å². The number of aromatic nitrogens is 2. The van der Waals surface area contributed by atoms with Crippen molar-refractivity contribution in [2.45, 2.75) is 64.1 Å². The predicted molar refractivity (Wildman–Crippen MR) is 254 cm³/mol. The van der Waals surface area contributed by atoms with Crippen molar-refractivity contribution >= 4 is 71.0 Å². The molecule has 334 valence electrons. The molecule has 14 nitrogen and oxygen atoms in total. The third-order valence-electron chi connectivity index (χ3n) is 12.4. The van der Waals surface area contributed by atoms with E-state index >= 15 is 0 Å². The smallest absolute Gasteiger partial charge is 0.255 e. The van der Waals surface area contributed by atoms with E-state index in [0.29, 0.717) is 63.6 Å². The molecule has 2 saturated heterocycles. The van der Waals surface area contributed by atoms with E-state index in [1.54, 1.807) is 31.3 Å². The van der Waals surface area contributed by atoms with E-state index in [1.165, 1.54) is 6.20 Å². The van der Waals surface area contributed by atoms with E-state index in [4.69, 9.17) is 11.6 Å². The average Bonchev–Trinajstić information content (AvgIpc) is 3.64. The Morgan fingerprint density at radius 2 is 1.80 bits per heavy atom. The van der Waals surface area contributed by atoms with E-state index in [1.807, 2.05) is 42.5 Å². The van der Waals surface area contributed by atoms with Crippen molar-refractivity contribution in [1.29, 1.82) is 5.26 Å². The van der Waals surface area contributed by atoms with Gasteiger partial charge in [0.05, 0.1) is 29.2 Å². The van der Waals surface area contributed by atoms with Crippen LogP contribution in [0.15, 0.2) is 60.8 Å². The second kappa shape index (κ2) is 20.8. The molecule has 3 aromatic carbocycles. The number of aldehydes is 1. The molecule has 3 aliphatic heterocycles. The van der Waals surface area contributed by atoms with Gasteiger partial charge in [0.15, 0.2) is 5.82 Å². The van der Waals surface area contributed by atoms with Crippen LogP contribution < -0.4 is 26.2 Å². The number of amides is 2. The number of hydrogen-bond donors (Lipinski definition) is 3. The number of carbonyl (C=O) groups is 3. The minimum Gasteiger partial charge on any atom is -0.370 e. The average molecular weight is 903 g/mol. The van der Waals surface area contributed by atoms with Crippen LogP contribution in [0, 0.1) is 23.2 Å². The van der Waals surface area contributed by atoms with Gasteiger partial charge in [0, 0.05) is 100 Å². The van der Waals surface area contributed by atoms with Gasteiger partial charge in [-0.05, 0) is 86.5 Å². The number of halogens is 1. The van der Waals surface area contributed by atoms with Crippen LogP contribution in [0.3, 0.4) is 0 Å². The third-order valence-corrected chi connectivity index (χ3v) is 14.2. The zero-order valence-corrected chi connectivity index (χ0v) is 38.6. The number of piperazine rings is 1. The first-order chi connectivity index (χ1) is 30.9. The second-order valence-electron chi connectivity index (χ2n) is 16.8. The largest absolute Gasteiger partial charge is 0.370 e. The molecule has 1 aromatic heterocycles. The lowest BCUT2D eigenvalue weighted by atomic mass is 9.97. The maximum absolute atomic E-state index is 13.2. The number of hydrogen-bond acceptors (Lipinski definition) is 12. The molecule has 0 bridgehead atoms. The second-order valence-corrected chi connectivity index (χ2v) is 20.4. The summed E-state index contributed by atoms with van der Waals surface area (Å²) < 4.78 is 13.0. The Morgan fingerprint density at radius 1 is 1.03 bits per heavy atom. The Balaban J connectivity index is 0.904. The maximum atomic E-state index is 13.2. The van der Waals surface area contributed by atoms with Crippen molar-refractivity contribution in [1.82, 2.24) is 30.0 Å². The number of piperidine rings is 1. The molecule has 3 N–H and O–H groups in total. The van der Waals surface area contributed by atoms with Gasteiger partial charge in [0.1, 0.15) is 24.5 Å². The Hall–Kier alpha value is -5.76. The summed E-state index contributed by atoms with van der Waals surface area (Å²) in [6, 6.07) is 19.2. The van der Waals surface area contributed by atoms with Crippen molar-refractivity contribution in [2.75, 3.05) is 81.7 Å². The number of aryl methyl sites for hydroxylation is 1. The number of carbonyl (C=O) groups excluding carboxylic acids is 3. The molecule has 0 aliphatic carbocycles. The van der Waals surface area contributed by atoms with Crippen LogP contribution in [-0.2, 0) is 27.1 Å². The SMILES string of the molecule is CCc1cc(Nc2ncc(Cl)c(Nc3ccccc3P(C)(C)=O)n2)cc(C#N)c1N1CCC(N2CCN(CCC#Cc3cccc4c3CN(C(C=O)CCC(=O)NC)C4=O)CC2)CC1. The Bertz CT molecular complexity index is 2530. The normalized spacial score (nSPS) is 16.3. The van der Waals surface area contributed by atoms with Gasteiger partial charge in [0.25, 0.3) is 5.91 Å². The minimum absolute atomic E-state index is 0.163. The van der Waals surface area contributed by atoms with Gasteiger partial charge in [-0.3, -0.25) is 19.4 Å². The fraction of sp³-hybridized carbons (Fsp3) is 0.417. The molecule has 4 aromatic rings. The molecule has 2 fully saturated rings. The van der Waals surface area contributed by atoms with Gasteiger partial charge in [-0.1, -0.05) is 48.6 Å². The van der Waals surface area contributed by atoms with Crippen LogP contribution in [-0.4, -0.2) is 121 Å². The topological polar surface area (TPSA) is 167 Å². The van der Waals surface area contributed by atoms with Crippen molar-refractivity contribution in [3.8, 4) is 17.9 Å². The minimum atomic E-state index is -2.57. The molecule has 0 saturated carbocycles. The summed E-state index contributed by atoms with van der Waals surface area (Å²) in [5.74, 6) is 6.97. The molecule has 3 aliphatic rings. The number of nitrogens with zero attached hydrogens (tertiary/aromatic N) is 7. The molecule has 2 amide bonds. The van der Waals surface area contributed by atoms with Crippen LogP contribution in [0.4, 0.5) is 28.8 Å². The first-order valence-electron chi connectivity index (χ1n) is 22.0. The monoisotopic (exact) mass is 902 g/mol. The summed E-state index contributed by atoms with van der Waals surface area (Å²) in [6.07, 6.45) is 6.22. The standard InChI is InChI=1S/C48H56ClN10O4P/c1-5-33-27-36(53-48-52-30-41(49)46(55-48)54-42-14-6-7-15-43(42)64(3,4)63)28-35(29-50)45(33)58-21-18-37(19-22-58)57-25-23-56(24-26-57)20-9-8-11-34-12-10-13-39-40(34)31-59(47(39)62)38(32-60)16-17-44(61)51-2/h6-7,10,12-15,27-28,30,32,37-38H,5,9,16-26,31H2,1-4H3,(H,51,61)(H2,52,53,54,55). The van der Waals surface area contributed by atoms with Gasteiger partial charge in [-0.2, -0.15) is 10.2 Å². The Kier molecular flexibility index (Phi) is 15.0. The summed E-state index contributed by atoms with van der Waals surface area (Å²) >= 11 is 6.50. The predicted octanol–water partition coefficient (Wildman–Crippen LogP) is 6.38. The van der Waals surface area contributed by atoms with Crippen LogP contribution in [0.5, 0.6) is 0 Å². The highest BCUT2D eigenvalue weighted by Crippen LogP contribution is 2.39. The number of nitrogens with one attached hydrogen (secondary N) is 3. The van der Waals surface area contributed by atoms with Crippen molar-refractivity contribution in [3.63, 3.8) is 0 Å². The lowest BCUT2D eigenvalue weighted by Crippen LogP contribution is -2.53. The number of nitriles is 1. The van der Waals surface area contributed by atoms with E-state index in [0.717, 1.165) is 93.7 Å². The van der Waals surface area contributed by atoms with Crippen molar-refractivity contribution < 1.29 is 18.9 Å². The highest BCUT2D eigenvalue weighted by molar-refractivity contribution is 7.70. The number of anilines is 5. The zero-order chi connectivity index (χ0) is 45.4. The molecule has 1 atom stereocenters. The van der Waals surface area contributed by atoms with Gasteiger partial charge >= 0.3 is 0 Å². The molecule has 0 radical (unpaired) electrons. The summed E-state index contributed by atoms with van der Waals surface area (Å²) in [5.41, 5.74) is 6.28. The molecule has 0 spiro atoms. The fourth-order valence-corrected chi connectivity index (χ4v) is 10.2. The number of rotatable bonds is 15.